The maximum atomic E-state index is 4.04. The average molecular weight is 711 g/mol. The summed E-state index contributed by atoms with van der Waals surface area (Å²) < 4.78 is 0. The van der Waals surface area contributed by atoms with Crippen LogP contribution in [0.4, 0.5) is 0 Å². The van der Waals surface area contributed by atoms with Gasteiger partial charge in [-0.25, -0.2) is 0 Å². The molecule has 4 aromatic rings. The monoisotopic (exact) mass is 712 g/mol. The van der Waals surface area contributed by atoms with Gasteiger partial charge < -0.3 is 27.7 Å². The van der Waals surface area contributed by atoms with Gasteiger partial charge in [-0.1, -0.05) is 199 Å². The van der Waals surface area contributed by atoms with E-state index < -0.39 is 0 Å². The van der Waals surface area contributed by atoms with E-state index in [4.69, 9.17) is 0 Å². The second-order valence-corrected chi connectivity index (χ2v) is 13.0. The third-order valence-corrected chi connectivity index (χ3v) is 6.22. The zero-order valence-electron chi connectivity index (χ0n) is 26.9. The van der Waals surface area contributed by atoms with E-state index in [1.54, 1.807) is 0 Å². The maximum absolute atomic E-state index is 4.04. The van der Waals surface area contributed by atoms with Gasteiger partial charge >= 0.3 is 25.8 Å². The average Bonchev–Trinajstić information content (AvgIpc) is 2.90. The van der Waals surface area contributed by atoms with Crippen LogP contribution in [0, 0.1) is 27.7 Å². The molecule has 1 heteroatoms. The van der Waals surface area contributed by atoms with Crippen molar-refractivity contribution in [2.45, 2.75) is 77.0 Å². The summed E-state index contributed by atoms with van der Waals surface area (Å²) in [5, 5.41) is 0. The van der Waals surface area contributed by atoms with E-state index in [1.807, 2.05) is 72.8 Å². The van der Waals surface area contributed by atoms with E-state index in [0.717, 1.165) is 0 Å². The molecule has 0 aliphatic rings. The molecule has 0 bridgehead atoms. The van der Waals surface area contributed by atoms with Crippen molar-refractivity contribution < 1.29 is 25.8 Å². The van der Waals surface area contributed by atoms with Crippen LogP contribution < -0.4 is 0 Å². The first-order valence-corrected chi connectivity index (χ1v) is 14.1. The second-order valence-electron chi connectivity index (χ2n) is 13.0. The molecule has 0 spiro atoms. The van der Waals surface area contributed by atoms with Gasteiger partial charge in [0.05, 0.1) is 0 Å². The molecule has 4 aromatic carbocycles. The summed E-state index contributed by atoms with van der Waals surface area (Å²) in [5.74, 6) is 0. The molecule has 4 rings (SSSR count). The minimum atomic E-state index is 0. The molecule has 0 nitrogen and oxygen atoms in total. The molecule has 0 saturated carbocycles. The van der Waals surface area contributed by atoms with Crippen LogP contribution in [0.1, 0.15) is 77.6 Å². The smallest absolute Gasteiger partial charge is 0.333 e. The molecule has 216 valence electrons. The van der Waals surface area contributed by atoms with Gasteiger partial charge in [-0.15, -0.1) is 21.7 Å². The van der Waals surface area contributed by atoms with Crippen molar-refractivity contribution in [3.05, 3.63) is 171 Å². The van der Waals surface area contributed by atoms with Crippen LogP contribution in [0.15, 0.2) is 121 Å². The van der Waals surface area contributed by atoms with Crippen molar-refractivity contribution in [1.82, 2.24) is 0 Å². The van der Waals surface area contributed by atoms with E-state index in [9.17, 15) is 0 Å². The number of hydrogen-bond acceptors (Lipinski definition) is 0. The Hall–Kier alpha value is -2.25. The van der Waals surface area contributed by atoms with Crippen molar-refractivity contribution in [2.75, 3.05) is 0 Å². The largest absolute Gasteiger partial charge is 4.00 e. The van der Waals surface area contributed by atoms with Gasteiger partial charge in [-0.3, -0.25) is 0 Å². The van der Waals surface area contributed by atoms with Gasteiger partial charge in [-0.2, -0.15) is 0 Å². The zero-order chi connectivity index (χ0) is 30.5. The van der Waals surface area contributed by atoms with Gasteiger partial charge in [0.25, 0.3) is 0 Å². The molecule has 0 heterocycles. The van der Waals surface area contributed by atoms with E-state index in [2.05, 4.69) is 132 Å². The topological polar surface area (TPSA) is 0 Å². The standard InChI is InChI=1S/4C10H13.Hf/c4*1-10(2,3)9-7-5-4-6-8-9;/h4*4-8H,1H2,2-3H3;/q4*-1;+4. The first-order valence-electron chi connectivity index (χ1n) is 14.1. The van der Waals surface area contributed by atoms with Gasteiger partial charge in [0.2, 0.25) is 0 Å². The summed E-state index contributed by atoms with van der Waals surface area (Å²) in [6.07, 6.45) is 0. The summed E-state index contributed by atoms with van der Waals surface area (Å²) in [4.78, 5) is 0. The Bertz CT molecular complexity index is 969. The Morgan fingerprint density at radius 1 is 0.293 bits per heavy atom. The third-order valence-electron chi connectivity index (χ3n) is 6.22. The molecule has 0 saturated heterocycles. The van der Waals surface area contributed by atoms with Crippen LogP contribution in [0.25, 0.3) is 0 Å². The molecule has 0 aliphatic carbocycles. The van der Waals surface area contributed by atoms with E-state index in [0.29, 0.717) is 0 Å². The van der Waals surface area contributed by atoms with Crippen molar-refractivity contribution in [3.8, 4) is 0 Å². The van der Waals surface area contributed by atoms with Crippen LogP contribution in [0.3, 0.4) is 0 Å². The Labute approximate surface area is 272 Å². The number of hydrogen-bond donors (Lipinski definition) is 0. The van der Waals surface area contributed by atoms with Crippen LogP contribution in [-0.4, -0.2) is 0 Å². The summed E-state index contributed by atoms with van der Waals surface area (Å²) in [6, 6.07) is 41.3. The molecular weight excluding hydrogens is 659 g/mol. The molecule has 0 N–H and O–H groups in total. The molecule has 0 fully saturated rings. The van der Waals surface area contributed by atoms with Crippen molar-refractivity contribution in [3.63, 3.8) is 0 Å². The second kappa shape index (κ2) is 17.6. The van der Waals surface area contributed by atoms with Crippen LogP contribution in [0.5, 0.6) is 0 Å². The van der Waals surface area contributed by atoms with Crippen LogP contribution in [-0.2, 0) is 47.5 Å². The van der Waals surface area contributed by atoms with Gasteiger partial charge in [-0.05, 0) is 0 Å². The fourth-order valence-electron chi connectivity index (χ4n) is 3.56. The quantitative estimate of drug-likeness (QED) is 0.146. The molecule has 0 aromatic heterocycles. The van der Waals surface area contributed by atoms with Crippen molar-refractivity contribution >= 4 is 0 Å². The van der Waals surface area contributed by atoms with Gasteiger partial charge in [0, 0.05) is 0 Å². The van der Waals surface area contributed by atoms with E-state index in [-0.39, 0.29) is 47.5 Å². The normalized spacial score (nSPS) is 11.2. The van der Waals surface area contributed by atoms with Gasteiger partial charge in [0.1, 0.15) is 0 Å². The molecule has 0 amide bonds. The Balaban J connectivity index is 0.000000516. The van der Waals surface area contributed by atoms with E-state index in [1.165, 1.54) is 22.3 Å². The first-order chi connectivity index (χ1) is 18.4. The molecule has 41 heavy (non-hydrogen) atoms. The summed E-state index contributed by atoms with van der Waals surface area (Å²) in [5.41, 5.74) is 5.32. The molecule has 0 aliphatic heterocycles. The Morgan fingerprint density at radius 2 is 0.415 bits per heavy atom. The van der Waals surface area contributed by atoms with Crippen molar-refractivity contribution in [2.24, 2.45) is 0 Å². The predicted octanol–water partition coefficient (Wildman–Crippen LogP) is 11.2. The SMILES string of the molecule is [CH2-]C(C)(C)c1ccccc1.[CH2-]C(C)(C)c1ccccc1.[CH2-]C(C)(C)c1ccccc1.[CH2-]C(C)(C)c1ccccc1.[Hf+4]. The van der Waals surface area contributed by atoms with Crippen molar-refractivity contribution in [1.29, 1.82) is 0 Å². The summed E-state index contributed by atoms with van der Waals surface area (Å²) >= 11 is 0. The number of rotatable bonds is 4. The summed E-state index contributed by atoms with van der Waals surface area (Å²) in [6.45, 7) is 33.1. The van der Waals surface area contributed by atoms with Crippen LogP contribution in [0.2, 0.25) is 0 Å². The Morgan fingerprint density at radius 3 is 0.488 bits per heavy atom. The molecule has 0 atom stereocenters. The fraction of sp³-hybridized carbons (Fsp3) is 0.300. The first kappa shape index (κ1) is 38.8. The van der Waals surface area contributed by atoms with Crippen LogP contribution >= 0.6 is 0 Å². The Kier molecular flexibility index (Phi) is 16.7. The van der Waals surface area contributed by atoms with E-state index >= 15 is 0 Å². The summed E-state index contributed by atoms with van der Waals surface area (Å²) in [7, 11) is 0. The molecule has 0 radical (unpaired) electrons. The minimum absolute atomic E-state index is 0. The predicted molar refractivity (Wildman–Crippen MR) is 179 cm³/mol. The third kappa shape index (κ3) is 16.7. The maximum Gasteiger partial charge on any atom is 4.00 e. The fourth-order valence-corrected chi connectivity index (χ4v) is 3.56. The minimum Gasteiger partial charge on any atom is -0.333 e. The molecular formula is C40H52Hf. The molecule has 0 unspecified atom stereocenters. The number of benzene rings is 4. The van der Waals surface area contributed by atoms with Gasteiger partial charge in [0.15, 0.2) is 0 Å². The zero-order valence-corrected chi connectivity index (χ0v) is 30.5.